The summed E-state index contributed by atoms with van der Waals surface area (Å²) in [6.45, 7) is 5.86. The number of rotatable bonds is 5. The molecular formula is C12H19ClN2. The summed E-state index contributed by atoms with van der Waals surface area (Å²) in [7, 11) is 0. The lowest BCUT2D eigenvalue weighted by Gasteiger charge is -2.15. The lowest BCUT2D eigenvalue weighted by Crippen LogP contribution is -2.22. The van der Waals surface area contributed by atoms with E-state index in [1.54, 1.807) is 0 Å². The third kappa shape index (κ3) is 3.73. The van der Waals surface area contributed by atoms with Crippen LogP contribution < -0.4 is 11.1 Å². The van der Waals surface area contributed by atoms with Crippen LogP contribution in [0.4, 0.5) is 5.69 Å². The van der Waals surface area contributed by atoms with Gasteiger partial charge in [-0.1, -0.05) is 31.0 Å². The first-order valence-electron chi connectivity index (χ1n) is 5.37. The second-order valence-corrected chi connectivity index (χ2v) is 4.29. The van der Waals surface area contributed by atoms with Gasteiger partial charge in [-0.15, -0.1) is 0 Å². The molecule has 1 unspecified atom stereocenters. The van der Waals surface area contributed by atoms with E-state index in [1.165, 1.54) is 5.56 Å². The fraction of sp³-hybridized carbons (Fsp3) is 0.500. The molecule has 2 nitrogen and oxygen atoms in total. The van der Waals surface area contributed by atoms with Crippen molar-refractivity contribution in [3.63, 3.8) is 0 Å². The van der Waals surface area contributed by atoms with Crippen LogP contribution in [-0.4, -0.2) is 13.1 Å². The molecule has 1 rings (SSSR count). The maximum atomic E-state index is 5.94. The lowest BCUT2D eigenvalue weighted by molar-refractivity contribution is 0.548. The van der Waals surface area contributed by atoms with Gasteiger partial charge in [0.15, 0.2) is 0 Å². The Labute approximate surface area is 96.8 Å². The van der Waals surface area contributed by atoms with Gasteiger partial charge in [-0.05, 0) is 37.1 Å². The highest BCUT2D eigenvalue weighted by molar-refractivity contribution is 6.30. The molecule has 0 aliphatic heterocycles. The van der Waals surface area contributed by atoms with E-state index in [1.807, 2.05) is 18.2 Å². The van der Waals surface area contributed by atoms with Crippen molar-refractivity contribution in [3.05, 3.63) is 28.8 Å². The molecule has 0 aliphatic carbocycles. The van der Waals surface area contributed by atoms with Crippen molar-refractivity contribution in [2.75, 3.05) is 18.4 Å². The molecule has 0 spiro atoms. The molecule has 1 atom stereocenters. The number of hydrogen-bond acceptors (Lipinski definition) is 2. The molecule has 0 saturated heterocycles. The van der Waals surface area contributed by atoms with Crippen molar-refractivity contribution < 1.29 is 0 Å². The molecule has 84 valence electrons. The summed E-state index contributed by atoms with van der Waals surface area (Å²) in [6.07, 6.45) is 1.10. The van der Waals surface area contributed by atoms with Crippen molar-refractivity contribution in [1.29, 1.82) is 0 Å². The Kier molecular flexibility index (Phi) is 4.92. The molecule has 0 amide bonds. The maximum Gasteiger partial charge on any atom is 0.0426 e. The Morgan fingerprint density at radius 2 is 2.20 bits per heavy atom. The number of benzene rings is 1. The second-order valence-electron chi connectivity index (χ2n) is 3.85. The van der Waals surface area contributed by atoms with E-state index in [-0.39, 0.29) is 0 Å². The predicted octanol–water partition coefficient (Wildman–Crippen LogP) is 3.05. The lowest BCUT2D eigenvalue weighted by atomic mass is 10.1. The fourth-order valence-electron chi connectivity index (χ4n) is 1.43. The van der Waals surface area contributed by atoms with E-state index in [9.17, 15) is 0 Å². The average molecular weight is 227 g/mol. The Hall–Kier alpha value is -0.730. The minimum Gasteiger partial charge on any atom is -0.384 e. The largest absolute Gasteiger partial charge is 0.384 e. The van der Waals surface area contributed by atoms with Gasteiger partial charge in [0.1, 0.15) is 0 Å². The summed E-state index contributed by atoms with van der Waals surface area (Å²) in [5.74, 6) is 0.531. The summed E-state index contributed by atoms with van der Waals surface area (Å²) >= 11 is 5.94. The van der Waals surface area contributed by atoms with E-state index in [0.29, 0.717) is 5.92 Å². The molecule has 0 aliphatic rings. The first kappa shape index (κ1) is 12.3. The van der Waals surface area contributed by atoms with Gasteiger partial charge in [-0.3, -0.25) is 0 Å². The third-order valence-corrected chi connectivity index (χ3v) is 2.93. The van der Waals surface area contributed by atoms with Crippen molar-refractivity contribution in [3.8, 4) is 0 Å². The topological polar surface area (TPSA) is 38.0 Å². The Balaban J connectivity index is 2.60. The number of nitrogens with one attached hydrogen (secondary N) is 1. The fourth-order valence-corrected chi connectivity index (χ4v) is 1.61. The number of hydrogen-bond donors (Lipinski definition) is 2. The summed E-state index contributed by atoms with van der Waals surface area (Å²) in [5.41, 5.74) is 7.97. The summed E-state index contributed by atoms with van der Waals surface area (Å²) in [4.78, 5) is 0. The van der Waals surface area contributed by atoms with Crippen LogP contribution in [0.2, 0.25) is 5.02 Å². The number of nitrogens with two attached hydrogens (primary N) is 1. The van der Waals surface area contributed by atoms with Gasteiger partial charge in [0.05, 0.1) is 0 Å². The van der Waals surface area contributed by atoms with Crippen LogP contribution in [0.1, 0.15) is 18.9 Å². The van der Waals surface area contributed by atoms with Crippen LogP contribution in [0.3, 0.4) is 0 Å². The summed E-state index contributed by atoms with van der Waals surface area (Å²) in [6, 6.07) is 5.89. The van der Waals surface area contributed by atoms with Gasteiger partial charge < -0.3 is 11.1 Å². The van der Waals surface area contributed by atoms with E-state index in [4.69, 9.17) is 17.3 Å². The quantitative estimate of drug-likeness (QED) is 0.810. The SMILES string of the molecule is CCC(CN)CNc1cc(Cl)ccc1C. The van der Waals surface area contributed by atoms with Crippen LogP contribution >= 0.6 is 11.6 Å². The van der Waals surface area contributed by atoms with Gasteiger partial charge in [-0.2, -0.15) is 0 Å². The van der Waals surface area contributed by atoms with Crippen molar-refractivity contribution in [2.24, 2.45) is 11.7 Å². The van der Waals surface area contributed by atoms with Crippen LogP contribution in [0.25, 0.3) is 0 Å². The molecule has 0 bridgehead atoms. The molecule has 1 aromatic rings. The Bertz CT molecular complexity index is 308. The zero-order valence-corrected chi connectivity index (χ0v) is 10.1. The molecular weight excluding hydrogens is 208 g/mol. The molecule has 3 N–H and O–H groups in total. The highest BCUT2D eigenvalue weighted by Gasteiger charge is 2.04. The van der Waals surface area contributed by atoms with Crippen LogP contribution in [-0.2, 0) is 0 Å². The van der Waals surface area contributed by atoms with E-state index in [2.05, 4.69) is 19.2 Å². The van der Waals surface area contributed by atoms with Crippen molar-refractivity contribution in [2.45, 2.75) is 20.3 Å². The number of aryl methyl sites for hydroxylation is 1. The maximum absolute atomic E-state index is 5.94. The normalized spacial score (nSPS) is 12.5. The zero-order valence-electron chi connectivity index (χ0n) is 9.39. The summed E-state index contributed by atoms with van der Waals surface area (Å²) in [5, 5.41) is 4.16. The molecule has 0 aromatic heterocycles. The minimum atomic E-state index is 0.531. The van der Waals surface area contributed by atoms with Gasteiger partial charge in [-0.25, -0.2) is 0 Å². The molecule has 0 heterocycles. The standard InChI is InChI=1S/C12H19ClN2/c1-3-10(7-14)8-15-12-6-11(13)5-4-9(12)2/h4-6,10,15H,3,7-8,14H2,1-2H3. The third-order valence-electron chi connectivity index (χ3n) is 2.69. The average Bonchev–Trinajstić information content (AvgIpc) is 2.24. The van der Waals surface area contributed by atoms with Gasteiger partial charge in [0, 0.05) is 17.3 Å². The molecule has 15 heavy (non-hydrogen) atoms. The molecule has 0 fully saturated rings. The first-order chi connectivity index (χ1) is 7.17. The highest BCUT2D eigenvalue weighted by Crippen LogP contribution is 2.20. The van der Waals surface area contributed by atoms with E-state index < -0.39 is 0 Å². The Morgan fingerprint density at radius 3 is 2.80 bits per heavy atom. The zero-order chi connectivity index (χ0) is 11.3. The van der Waals surface area contributed by atoms with Gasteiger partial charge in [0.25, 0.3) is 0 Å². The smallest absolute Gasteiger partial charge is 0.0426 e. The van der Waals surface area contributed by atoms with Gasteiger partial charge in [0.2, 0.25) is 0 Å². The number of anilines is 1. The highest BCUT2D eigenvalue weighted by atomic mass is 35.5. The molecule has 3 heteroatoms. The van der Waals surface area contributed by atoms with Crippen molar-refractivity contribution >= 4 is 17.3 Å². The Morgan fingerprint density at radius 1 is 1.47 bits per heavy atom. The monoisotopic (exact) mass is 226 g/mol. The number of halogens is 1. The predicted molar refractivity (Wildman–Crippen MR) is 67.5 cm³/mol. The first-order valence-corrected chi connectivity index (χ1v) is 5.75. The van der Waals surface area contributed by atoms with Gasteiger partial charge >= 0.3 is 0 Å². The minimum absolute atomic E-state index is 0.531. The summed E-state index contributed by atoms with van der Waals surface area (Å²) < 4.78 is 0. The van der Waals surface area contributed by atoms with Crippen LogP contribution in [0.5, 0.6) is 0 Å². The molecule has 1 aromatic carbocycles. The van der Waals surface area contributed by atoms with Crippen LogP contribution in [0.15, 0.2) is 18.2 Å². The van der Waals surface area contributed by atoms with E-state index in [0.717, 1.165) is 30.2 Å². The van der Waals surface area contributed by atoms with E-state index >= 15 is 0 Å². The van der Waals surface area contributed by atoms with Crippen LogP contribution in [0, 0.1) is 12.8 Å². The molecule has 0 saturated carbocycles. The van der Waals surface area contributed by atoms with Crippen molar-refractivity contribution in [1.82, 2.24) is 0 Å². The molecule has 0 radical (unpaired) electrons. The second kappa shape index (κ2) is 5.99.